The molecule has 1 aliphatic carbocycles. The van der Waals surface area contributed by atoms with Crippen molar-refractivity contribution in [1.29, 1.82) is 0 Å². The highest BCUT2D eigenvalue weighted by atomic mass is 16.6. The lowest BCUT2D eigenvalue weighted by Gasteiger charge is -2.30. The number of amides is 2. The van der Waals surface area contributed by atoms with Crippen molar-refractivity contribution in [1.82, 2.24) is 25.5 Å². The van der Waals surface area contributed by atoms with E-state index >= 15 is 0 Å². The van der Waals surface area contributed by atoms with Crippen molar-refractivity contribution in [3.63, 3.8) is 0 Å². The Bertz CT molecular complexity index is 1100. The first-order chi connectivity index (χ1) is 18.1. The fourth-order valence-corrected chi connectivity index (χ4v) is 5.00. The van der Waals surface area contributed by atoms with E-state index in [0.29, 0.717) is 12.4 Å². The number of ether oxygens (including phenoxy) is 1. The Balaban J connectivity index is 1.19. The number of hydrogen-bond donors (Lipinski definition) is 4. The Kier molecular flexibility index (Phi) is 9.17. The van der Waals surface area contributed by atoms with E-state index < -0.39 is 11.7 Å². The second kappa shape index (κ2) is 12.5. The van der Waals surface area contributed by atoms with E-state index in [1.165, 1.54) is 17.5 Å². The minimum Gasteiger partial charge on any atom is -0.444 e. The van der Waals surface area contributed by atoms with Crippen LogP contribution in [0, 0.1) is 0 Å². The SMILES string of the molecule is CC(C)(C)OC(=O)NC1CCC(Nc2cc(C(=O)NC[C@H](O)CN3CCc4ccccc4C3)ncn2)CC1. The molecule has 2 aromatic rings. The van der Waals surface area contributed by atoms with Gasteiger partial charge in [-0.2, -0.15) is 0 Å². The first kappa shape index (κ1) is 27.8. The standard InChI is InChI=1S/C28H40N6O4/c1-28(2,3)38-27(37)33-22-10-8-21(9-11-22)32-25-14-24(30-18-31-25)26(36)29-15-23(35)17-34-13-12-19-6-4-5-7-20(19)16-34/h4-7,14,18,21-23,35H,8-13,15-17H2,1-3H3,(H,29,36)(H,33,37)(H,30,31,32)/t21?,22?,23-/m0/s1. The van der Waals surface area contributed by atoms with E-state index in [1.807, 2.05) is 26.8 Å². The highest BCUT2D eigenvalue weighted by Crippen LogP contribution is 2.22. The summed E-state index contributed by atoms with van der Waals surface area (Å²) in [5.41, 5.74) is 2.40. The lowest BCUT2D eigenvalue weighted by Crippen LogP contribution is -2.42. The second-order valence-electron chi connectivity index (χ2n) is 11.2. The zero-order chi connectivity index (χ0) is 27.1. The smallest absolute Gasteiger partial charge is 0.407 e. The molecule has 0 bridgehead atoms. The Morgan fingerprint density at radius 3 is 2.55 bits per heavy atom. The van der Waals surface area contributed by atoms with Crippen LogP contribution in [0.1, 0.15) is 68.1 Å². The van der Waals surface area contributed by atoms with Gasteiger partial charge in [0.1, 0.15) is 23.4 Å². The predicted molar refractivity (Wildman–Crippen MR) is 145 cm³/mol. The van der Waals surface area contributed by atoms with Gasteiger partial charge >= 0.3 is 6.09 Å². The van der Waals surface area contributed by atoms with Crippen LogP contribution in [0.3, 0.4) is 0 Å². The van der Waals surface area contributed by atoms with Crippen LogP contribution >= 0.6 is 0 Å². The summed E-state index contributed by atoms with van der Waals surface area (Å²) in [6.45, 7) is 7.89. The van der Waals surface area contributed by atoms with Crippen molar-refractivity contribution in [3.8, 4) is 0 Å². The third-order valence-electron chi connectivity index (χ3n) is 6.88. The Morgan fingerprint density at radius 1 is 1.11 bits per heavy atom. The lowest BCUT2D eigenvalue weighted by atomic mass is 9.91. The molecule has 0 saturated heterocycles. The number of nitrogens with one attached hydrogen (secondary N) is 3. The molecule has 4 rings (SSSR count). The fraction of sp³-hybridized carbons (Fsp3) is 0.571. The summed E-state index contributed by atoms with van der Waals surface area (Å²) in [6, 6.07) is 10.3. The Morgan fingerprint density at radius 2 is 1.82 bits per heavy atom. The molecule has 1 fully saturated rings. The number of anilines is 1. The van der Waals surface area contributed by atoms with Gasteiger partial charge in [0.15, 0.2) is 0 Å². The molecule has 10 heteroatoms. The molecule has 1 aromatic heterocycles. The second-order valence-corrected chi connectivity index (χ2v) is 11.2. The summed E-state index contributed by atoms with van der Waals surface area (Å²) in [5, 5.41) is 19.6. The maximum Gasteiger partial charge on any atom is 0.407 e. The molecule has 1 aliphatic heterocycles. The molecule has 2 amide bonds. The molecule has 2 heterocycles. The molecule has 206 valence electrons. The van der Waals surface area contributed by atoms with Crippen LogP contribution in [0.5, 0.6) is 0 Å². The van der Waals surface area contributed by atoms with Crippen molar-refractivity contribution >= 4 is 17.8 Å². The summed E-state index contributed by atoms with van der Waals surface area (Å²) in [4.78, 5) is 35.3. The van der Waals surface area contributed by atoms with Crippen molar-refractivity contribution in [2.45, 2.75) is 83.2 Å². The molecule has 1 atom stereocenters. The number of aliphatic hydroxyl groups excluding tert-OH is 1. The van der Waals surface area contributed by atoms with E-state index in [1.54, 1.807) is 6.07 Å². The predicted octanol–water partition coefficient (Wildman–Crippen LogP) is 2.87. The zero-order valence-electron chi connectivity index (χ0n) is 22.6. The number of fused-ring (bicyclic) bond motifs is 1. The third kappa shape index (κ3) is 8.39. The highest BCUT2D eigenvalue weighted by Gasteiger charge is 2.25. The van der Waals surface area contributed by atoms with Gasteiger partial charge in [-0.1, -0.05) is 24.3 Å². The highest BCUT2D eigenvalue weighted by molar-refractivity contribution is 5.92. The normalized spacial score (nSPS) is 20.6. The van der Waals surface area contributed by atoms with Crippen LogP contribution in [0.25, 0.3) is 0 Å². The van der Waals surface area contributed by atoms with E-state index in [9.17, 15) is 14.7 Å². The van der Waals surface area contributed by atoms with Crippen molar-refractivity contribution < 1.29 is 19.4 Å². The topological polar surface area (TPSA) is 129 Å². The minimum atomic E-state index is -0.673. The number of β-amino-alcohol motifs (C(OH)–C–C–N with tert-alkyl or cyclic N) is 1. The van der Waals surface area contributed by atoms with E-state index in [0.717, 1.165) is 45.2 Å². The summed E-state index contributed by atoms with van der Waals surface area (Å²) in [5.74, 6) is 0.241. The first-order valence-electron chi connectivity index (χ1n) is 13.5. The average molecular weight is 525 g/mol. The van der Waals surface area contributed by atoms with Crippen LogP contribution in [-0.2, 0) is 17.7 Å². The van der Waals surface area contributed by atoms with Gasteiger partial charge in [0.05, 0.1) is 6.10 Å². The van der Waals surface area contributed by atoms with Crippen LogP contribution in [0.2, 0.25) is 0 Å². The summed E-state index contributed by atoms with van der Waals surface area (Å²) in [6.07, 6.45) is 4.66. The van der Waals surface area contributed by atoms with Gasteiger partial charge in [-0.05, 0) is 64.0 Å². The maximum absolute atomic E-state index is 12.7. The van der Waals surface area contributed by atoms with Crippen molar-refractivity contribution in [2.75, 3.05) is 25.0 Å². The summed E-state index contributed by atoms with van der Waals surface area (Å²) in [7, 11) is 0. The van der Waals surface area contributed by atoms with Gasteiger partial charge in [0, 0.05) is 44.3 Å². The van der Waals surface area contributed by atoms with Gasteiger partial charge in [-0.15, -0.1) is 0 Å². The molecular formula is C28H40N6O4. The quantitative estimate of drug-likeness (QED) is 0.415. The molecule has 0 unspecified atom stereocenters. The average Bonchev–Trinajstić information content (AvgIpc) is 2.87. The largest absolute Gasteiger partial charge is 0.444 e. The number of alkyl carbamates (subject to hydrolysis) is 1. The molecule has 4 N–H and O–H groups in total. The van der Waals surface area contributed by atoms with Crippen LogP contribution in [0.15, 0.2) is 36.7 Å². The van der Waals surface area contributed by atoms with Gasteiger partial charge in [0.25, 0.3) is 5.91 Å². The molecule has 1 aromatic carbocycles. The number of aromatic nitrogens is 2. The van der Waals surface area contributed by atoms with Crippen LogP contribution < -0.4 is 16.0 Å². The van der Waals surface area contributed by atoms with E-state index in [4.69, 9.17) is 4.74 Å². The van der Waals surface area contributed by atoms with Crippen LogP contribution in [0.4, 0.5) is 10.6 Å². The monoisotopic (exact) mass is 524 g/mol. The van der Waals surface area contributed by atoms with Gasteiger partial charge < -0.3 is 25.8 Å². The van der Waals surface area contributed by atoms with Gasteiger partial charge in [-0.25, -0.2) is 14.8 Å². The first-order valence-corrected chi connectivity index (χ1v) is 13.5. The number of carbonyl (C=O) groups is 2. The number of benzene rings is 1. The Hall–Kier alpha value is -3.24. The van der Waals surface area contributed by atoms with E-state index in [-0.39, 0.29) is 36.3 Å². The number of rotatable bonds is 8. The molecular weight excluding hydrogens is 484 g/mol. The van der Waals surface area contributed by atoms with Gasteiger partial charge in [-0.3, -0.25) is 9.69 Å². The third-order valence-corrected chi connectivity index (χ3v) is 6.88. The molecule has 0 radical (unpaired) electrons. The fourth-order valence-electron chi connectivity index (χ4n) is 5.00. The maximum atomic E-state index is 12.7. The summed E-state index contributed by atoms with van der Waals surface area (Å²) < 4.78 is 5.35. The minimum absolute atomic E-state index is 0.0840. The molecule has 0 spiro atoms. The molecule has 2 aliphatic rings. The zero-order valence-corrected chi connectivity index (χ0v) is 22.6. The van der Waals surface area contributed by atoms with Crippen molar-refractivity contribution in [2.24, 2.45) is 0 Å². The number of hydrogen-bond acceptors (Lipinski definition) is 8. The lowest BCUT2D eigenvalue weighted by molar-refractivity contribution is 0.0492. The number of carbonyl (C=O) groups excluding carboxylic acids is 2. The van der Waals surface area contributed by atoms with Gasteiger partial charge in [0.2, 0.25) is 0 Å². The summed E-state index contributed by atoms with van der Waals surface area (Å²) >= 11 is 0. The number of nitrogens with zero attached hydrogens (tertiary/aromatic N) is 3. The van der Waals surface area contributed by atoms with Crippen molar-refractivity contribution in [3.05, 3.63) is 53.5 Å². The Labute approximate surface area is 224 Å². The van der Waals surface area contributed by atoms with Crippen LogP contribution in [-0.4, -0.2) is 75.4 Å². The molecule has 10 nitrogen and oxygen atoms in total. The van der Waals surface area contributed by atoms with E-state index in [2.05, 4.69) is 49.0 Å². The number of aliphatic hydroxyl groups is 1. The molecule has 38 heavy (non-hydrogen) atoms. The molecule has 1 saturated carbocycles.